The average molecular weight is 266 g/mol. The monoisotopic (exact) mass is 266 g/mol. The molecule has 1 aromatic carbocycles. The van der Waals surface area contributed by atoms with E-state index < -0.39 is 12.9 Å². The molecule has 104 valence electrons. The summed E-state index contributed by atoms with van der Waals surface area (Å²) in [6, 6.07) is 3.88. The highest BCUT2D eigenvalue weighted by atomic mass is 19.1. The lowest BCUT2D eigenvalue weighted by atomic mass is 9.80. The van der Waals surface area contributed by atoms with Gasteiger partial charge in [0.15, 0.2) is 0 Å². The van der Waals surface area contributed by atoms with E-state index in [4.69, 9.17) is 14.8 Å². The maximum Gasteiger partial charge on any atom is 0.488 e. The van der Waals surface area contributed by atoms with Gasteiger partial charge in [-0.15, -0.1) is 0 Å². The lowest BCUT2D eigenvalue weighted by molar-refractivity contribution is 0.129. The lowest BCUT2D eigenvalue weighted by Crippen LogP contribution is -2.31. The van der Waals surface area contributed by atoms with Gasteiger partial charge in [0.25, 0.3) is 0 Å². The Balaban J connectivity index is 1.99. The highest BCUT2D eigenvalue weighted by Crippen LogP contribution is 2.29. The first-order valence-corrected chi connectivity index (χ1v) is 6.91. The van der Waals surface area contributed by atoms with Crippen molar-refractivity contribution in [2.45, 2.75) is 45.1 Å². The van der Waals surface area contributed by atoms with E-state index in [-0.39, 0.29) is 11.6 Å². The predicted molar refractivity (Wildman–Crippen MR) is 72.9 cm³/mol. The van der Waals surface area contributed by atoms with Gasteiger partial charge in [0, 0.05) is 6.07 Å². The number of halogens is 1. The van der Waals surface area contributed by atoms with Gasteiger partial charge in [0.1, 0.15) is 11.6 Å². The first kappa shape index (κ1) is 14.3. The van der Waals surface area contributed by atoms with Crippen molar-refractivity contribution >= 4 is 12.6 Å². The van der Waals surface area contributed by atoms with Crippen molar-refractivity contribution in [2.75, 3.05) is 0 Å². The van der Waals surface area contributed by atoms with Crippen molar-refractivity contribution in [3.63, 3.8) is 0 Å². The minimum absolute atomic E-state index is 0.105. The summed E-state index contributed by atoms with van der Waals surface area (Å²) in [4.78, 5) is 0. The molecular weight excluding hydrogens is 246 g/mol. The predicted octanol–water partition coefficient (Wildman–Crippen LogP) is 1.85. The van der Waals surface area contributed by atoms with Gasteiger partial charge in [-0.2, -0.15) is 0 Å². The van der Waals surface area contributed by atoms with Crippen LogP contribution in [0.3, 0.4) is 0 Å². The Morgan fingerprint density at radius 3 is 2.47 bits per heavy atom. The van der Waals surface area contributed by atoms with E-state index in [9.17, 15) is 4.39 Å². The quantitative estimate of drug-likeness (QED) is 0.818. The Kier molecular flexibility index (Phi) is 4.83. The van der Waals surface area contributed by atoms with Gasteiger partial charge in [0.2, 0.25) is 0 Å². The second-order valence-corrected chi connectivity index (χ2v) is 5.26. The van der Waals surface area contributed by atoms with Crippen LogP contribution in [-0.2, 0) is 0 Å². The molecule has 2 rings (SSSR count). The van der Waals surface area contributed by atoms with E-state index in [1.807, 2.05) is 0 Å². The van der Waals surface area contributed by atoms with Crippen molar-refractivity contribution in [1.82, 2.24) is 0 Å². The minimum atomic E-state index is -1.67. The van der Waals surface area contributed by atoms with E-state index in [0.29, 0.717) is 5.75 Å². The van der Waals surface area contributed by atoms with Crippen LogP contribution in [0.4, 0.5) is 4.39 Å². The lowest BCUT2D eigenvalue weighted by Gasteiger charge is -2.28. The fourth-order valence-corrected chi connectivity index (χ4v) is 2.65. The summed E-state index contributed by atoms with van der Waals surface area (Å²) in [5, 5.41) is 18.2. The topological polar surface area (TPSA) is 49.7 Å². The van der Waals surface area contributed by atoms with Gasteiger partial charge < -0.3 is 14.8 Å². The van der Waals surface area contributed by atoms with E-state index in [1.54, 1.807) is 0 Å². The highest BCUT2D eigenvalue weighted by molar-refractivity contribution is 6.58. The van der Waals surface area contributed by atoms with E-state index in [0.717, 1.165) is 37.7 Å². The summed E-state index contributed by atoms with van der Waals surface area (Å²) in [6.45, 7) is 2.20. The van der Waals surface area contributed by atoms with Gasteiger partial charge in [-0.3, -0.25) is 0 Å². The Bertz CT molecular complexity index is 417. The third-order valence-electron chi connectivity index (χ3n) is 3.87. The van der Waals surface area contributed by atoms with Crippen LogP contribution in [0.2, 0.25) is 0 Å². The summed E-state index contributed by atoms with van der Waals surface area (Å²) in [6.07, 6.45) is 5.55. The van der Waals surface area contributed by atoms with Crippen LogP contribution in [0.15, 0.2) is 18.2 Å². The molecule has 0 unspecified atom stereocenters. The number of hydrogen-bond donors (Lipinski definition) is 2. The Morgan fingerprint density at radius 1 is 1.21 bits per heavy atom. The van der Waals surface area contributed by atoms with Crippen LogP contribution in [0.5, 0.6) is 5.75 Å². The summed E-state index contributed by atoms with van der Waals surface area (Å²) in [5.74, 6) is 0.646. The molecule has 0 radical (unpaired) electrons. The Hall–Kier alpha value is -1.07. The molecule has 3 nitrogen and oxygen atoms in total. The van der Waals surface area contributed by atoms with Gasteiger partial charge >= 0.3 is 7.12 Å². The van der Waals surface area contributed by atoms with Crippen molar-refractivity contribution < 1.29 is 19.2 Å². The second kappa shape index (κ2) is 6.39. The second-order valence-electron chi connectivity index (χ2n) is 5.26. The number of hydrogen-bond acceptors (Lipinski definition) is 3. The van der Waals surface area contributed by atoms with E-state index in [1.165, 1.54) is 18.6 Å². The molecule has 1 aliphatic rings. The molecule has 1 saturated carbocycles. The van der Waals surface area contributed by atoms with Crippen molar-refractivity contribution in [3.05, 3.63) is 24.0 Å². The zero-order valence-electron chi connectivity index (χ0n) is 11.2. The summed E-state index contributed by atoms with van der Waals surface area (Å²) in [5.41, 5.74) is 0.122. The SMILES string of the molecule is CCC1CCC(Oc2cc(F)cc(B(O)O)c2)CC1. The largest absolute Gasteiger partial charge is 0.490 e. The fourth-order valence-electron chi connectivity index (χ4n) is 2.65. The molecule has 0 saturated heterocycles. The van der Waals surface area contributed by atoms with Crippen molar-refractivity contribution in [2.24, 2.45) is 5.92 Å². The molecule has 0 heterocycles. The summed E-state index contributed by atoms with van der Waals surface area (Å²) in [7, 11) is -1.67. The number of ether oxygens (including phenoxy) is 1. The van der Waals surface area contributed by atoms with Gasteiger partial charge in [-0.25, -0.2) is 4.39 Å². The van der Waals surface area contributed by atoms with Gasteiger partial charge in [-0.1, -0.05) is 13.3 Å². The van der Waals surface area contributed by atoms with Gasteiger partial charge in [0.05, 0.1) is 6.10 Å². The average Bonchev–Trinajstić information content (AvgIpc) is 2.39. The molecule has 0 spiro atoms. The van der Waals surface area contributed by atoms with Crippen LogP contribution in [0.25, 0.3) is 0 Å². The van der Waals surface area contributed by atoms with Crippen LogP contribution < -0.4 is 10.2 Å². The molecule has 1 fully saturated rings. The third kappa shape index (κ3) is 3.95. The normalized spacial score (nSPS) is 23.2. The van der Waals surface area contributed by atoms with Crippen LogP contribution in [0, 0.1) is 11.7 Å². The van der Waals surface area contributed by atoms with Crippen LogP contribution in [0.1, 0.15) is 39.0 Å². The van der Waals surface area contributed by atoms with E-state index >= 15 is 0 Å². The molecule has 2 N–H and O–H groups in total. The molecule has 0 amide bonds. The summed E-state index contributed by atoms with van der Waals surface area (Å²) >= 11 is 0. The zero-order chi connectivity index (χ0) is 13.8. The molecule has 0 aromatic heterocycles. The fraction of sp³-hybridized carbons (Fsp3) is 0.571. The minimum Gasteiger partial charge on any atom is -0.490 e. The maximum absolute atomic E-state index is 13.4. The Morgan fingerprint density at radius 2 is 1.89 bits per heavy atom. The van der Waals surface area contributed by atoms with Gasteiger partial charge in [-0.05, 0) is 49.2 Å². The number of rotatable bonds is 4. The standard InChI is InChI=1S/C14H20BFO3/c1-2-10-3-5-13(6-4-10)19-14-8-11(15(17)18)7-12(16)9-14/h7-10,13,17-18H,2-6H2,1H3. The molecule has 5 heteroatoms. The number of benzene rings is 1. The highest BCUT2D eigenvalue weighted by Gasteiger charge is 2.22. The third-order valence-corrected chi connectivity index (χ3v) is 3.87. The molecular formula is C14H20BFO3. The molecule has 0 atom stereocenters. The first-order chi connectivity index (χ1) is 9.08. The van der Waals surface area contributed by atoms with E-state index in [2.05, 4.69) is 6.92 Å². The molecule has 19 heavy (non-hydrogen) atoms. The first-order valence-electron chi connectivity index (χ1n) is 6.91. The Labute approximate surface area is 113 Å². The summed E-state index contributed by atoms with van der Waals surface area (Å²) < 4.78 is 19.1. The van der Waals surface area contributed by atoms with Crippen molar-refractivity contribution in [1.29, 1.82) is 0 Å². The maximum atomic E-state index is 13.4. The van der Waals surface area contributed by atoms with Crippen LogP contribution >= 0.6 is 0 Å². The van der Waals surface area contributed by atoms with Crippen LogP contribution in [-0.4, -0.2) is 23.3 Å². The molecule has 1 aromatic rings. The molecule has 1 aliphatic carbocycles. The molecule has 0 aliphatic heterocycles. The smallest absolute Gasteiger partial charge is 0.488 e. The molecule has 0 bridgehead atoms. The zero-order valence-corrected chi connectivity index (χ0v) is 11.2. The van der Waals surface area contributed by atoms with Crippen molar-refractivity contribution in [3.8, 4) is 5.75 Å².